The van der Waals surface area contributed by atoms with Crippen LogP contribution >= 0.6 is 11.3 Å². The molecule has 0 aliphatic carbocycles. The Labute approximate surface area is 107 Å². The molecule has 0 atom stereocenters. The summed E-state index contributed by atoms with van der Waals surface area (Å²) in [7, 11) is 0. The summed E-state index contributed by atoms with van der Waals surface area (Å²) in [5.41, 5.74) is 2.39. The molecule has 0 saturated carbocycles. The van der Waals surface area contributed by atoms with E-state index in [9.17, 15) is 0 Å². The van der Waals surface area contributed by atoms with Gasteiger partial charge in [-0.2, -0.15) is 0 Å². The quantitative estimate of drug-likeness (QED) is 0.695. The molecule has 92 valence electrons. The molecule has 0 aliphatic rings. The number of rotatable bonds is 0. The molecule has 3 heteroatoms. The van der Waals surface area contributed by atoms with Gasteiger partial charge < -0.3 is 0 Å². The lowest BCUT2D eigenvalue weighted by Crippen LogP contribution is -2.13. The summed E-state index contributed by atoms with van der Waals surface area (Å²) >= 11 is 1.75. The van der Waals surface area contributed by atoms with Gasteiger partial charge in [0.25, 0.3) is 0 Å². The number of nitrogens with zero attached hydrogens (tertiary/aromatic N) is 2. The largest absolute Gasteiger partial charge is 0.259 e. The molecule has 0 spiro atoms. The Hall–Kier alpha value is -0.960. The number of fused-ring (bicyclic) bond motifs is 1. The summed E-state index contributed by atoms with van der Waals surface area (Å²) in [4.78, 5) is 9.28. The van der Waals surface area contributed by atoms with Crippen LogP contribution in [0.2, 0.25) is 0 Å². The van der Waals surface area contributed by atoms with Crippen LogP contribution < -0.4 is 0 Å². The van der Waals surface area contributed by atoms with Gasteiger partial charge in [0.1, 0.15) is 0 Å². The van der Waals surface area contributed by atoms with Crippen molar-refractivity contribution in [2.75, 3.05) is 0 Å². The van der Waals surface area contributed by atoms with Crippen molar-refractivity contribution in [2.24, 2.45) is 0 Å². The number of hydrogen-bond acceptors (Lipinski definition) is 3. The summed E-state index contributed by atoms with van der Waals surface area (Å²) in [6, 6.07) is 2.13. The summed E-state index contributed by atoms with van der Waals surface area (Å²) < 4.78 is 1.18. The van der Waals surface area contributed by atoms with E-state index >= 15 is 0 Å². The van der Waals surface area contributed by atoms with Gasteiger partial charge in [-0.05, 0) is 6.07 Å². The van der Waals surface area contributed by atoms with Gasteiger partial charge >= 0.3 is 0 Å². The molecular formula is C14H20N2S. The first-order valence-electron chi connectivity index (χ1n) is 5.95. The predicted molar refractivity (Wildman–Crippen MR) is 74.8 cm³/mol. The maximum atomic E-state index is 4.74. The minimum absolute atomic E-state index is 0.0830. The van der Waals surface area contributed by atoms with E-state index in [2.05, 4.69) is 52.6 Å². The first kappa shape index (κ1) is 12.5. The maximum absolute atomic E-state index is 4.74. The first-order chi connectivity index (χ1) is 7.68. The number of thiazole rings is 1. The smallest absolute Gasteiger partial charge is 0.0992 e. The number of hydrogen-bond donors (Lipinski definition) is 0. The Balaban J connectivity index is 2.56. The van der Waals surface area contributed by atoms with E-state index in [1.807, 2.05) is 6.20 Å². The molecule has 0 aromatic carbocycles. The van der Waals surface area contributed by atoms with Crippen LogP contribution in [0.1, 0.15) is 52.2 Å². The van der Waals surface area contributed by atoms with Crippen LogP contribution in [0.4, 0.5) is 0 Å². The fourth-order valence-electron chi connectivity index (χ4n) is 1.57. The molecule has 17 heavy (non-hydrogen) atoms. The second-order valence-electron chi connectivity index (χ2n) is 6.56. The lowest BCUT2D eigenvalue weighted by atomic mass is 9.91. The van der Waals surface area contributed by atoms with E-state index < -0.39 is 0 Å². The molecule has 2 aromatic rings. The van der Waals surface area contributed by atoms with Crippen LogP contribution in [0.3, 0.4) is 0 Å². The number of pyridine rings is 1. The predicted octanol–water partition coefficient (Wildman–Crippen LogP) is 4.29. The minimum Gasteiger partial charge on any atom is -0.259 e. The number of aromatic nitrogens is 2. The van der Waals surface area contributed by atoms with Crippen LogP contribution in [0.25, 0.3) is 10.2 Å². The van der Waals surface area contributed by atoms with Gasteiger partial charge in [0.15, 0.2) is 0 Å². The van der Waals surface area contributed by atoms with E-state index in [4.69, 9.17) is 4.98 Å². The van der Waals surface area contributed by atoms with Gasteiger partial charge in [0, 0.05) is 22.7 Å². The average Bonchev–Trinajstić information content (AvgIpc) is 2.57. The molecule has 0 fully saturated rings. The second kappa shape index (κ2) is 3.77. The molecule has 2 rings (SSSR count). The lowest BCUT2D eigenvalue weighted by Gasteiger charge is -2.16. The molecule has 0 aliphatic heterocycles. The topological polar surface area (TPSA) is 25.8 Å². The molecule has 0 bridgehead atoms. The van der Waals surface area contributed by atoms with E-state index in [0.29, 0.717) is 0 Å². The minimum atomic E-state index is 0.0830. The summed E-state index contributed by atoms with van der Waals surface area (Å²) in [6.45, 7) is 13.1. The van der Waals surface area contributed by atoms with Crippen molar-refractivity contribution in [2.45, 2.75) is 52.4 Å². The first-order valence-corrected chi connectivity index (χ1v) is 6.77. The zero-order valence-electron chi connectivity index (χ0n) is 11.5. The van der Waals surface area contributed by atoms with Crippen molar-refractivity contribution in [3.05, 3.63) is 23.0 Å². The van der Waals surface area contributed by atoms with Gasteiger partial charge in [-0.1, -0.05) is 41.5 Å². The van der Waals surface area contributed by atoms with Crippen molar-refractivity contribution in [3.8, 4) is 0 Å². The summed E-state index contributed by atoms with van der Waals surface area (Å²) in [5.74, 6) is 0. The molecule has 0 radical (unpaired) electrons. The van der Waals surface area contributed by atoms with Gasteiger partial charge in [-0.15, -0.1) is 11.3 Å². The third-order valence-corrected chi connectivity index (χ3v) is 4.12. The zero-order valence-corrected chi connectivity index (χ0v) is 12.3. The molecule has 2 nitrogen and oxygen atoms in total. The highest BCUT2D eigenvalue weighted by molar-refractivity contribution is 7.18. The van der Waals surface area contributed by atoms with Crippen LogP contribution in [0.5, 0.6) is 0 Å². The highest BCUT2D eigenvalue weighted by atomic mass is 32.1. The highest BCUT2D eigenvalue weighted by Gasteiger charge is 2.21. The Morgan fingerprint density at radius 3 is 2.18 bits per heavy atom. The van der Waals surface area contributed by atoms with Crippen LogP contribution in [0, 0.1) is 0 Å². The summed E-state index contributed by atoms with van der Waals surface area (Å²) in [6.07, 6.45) is 1.96. The van der Waals surface area contributed by atoms with E-state index in [-0.39, 0.29) is 10.8 Å². The van der Waals surface area contributed by atoms with E-state index in [1.54, 1.807) is 11.3 Å². The lowest BCUT2D eigenvalue weighted by molar-refractivity contribution is 0.570. The molecule has 0 saturated heterocycles. The Morgan fingerprint density at radius 2 is 1.65 bits per heavy atom. The van der Waals surface area contributed by atoms with Crippen molar-refractivity contribution in [3.63, 3.8) is 0 Å². The van der Waals surface area contributed by atoms with Gasteiger partial charge in [0.05, 0.1) is 15.2 Å². The van der Waals surface area contributed by atoms with E-state index in [0.717, 1.165) is 11.2 Å². The highest BCUT2D eigenvalue weighted by Crippen LogP contribution is 2.32. The molecule has 2 aromatic heterocycles. The monoisotopic (exact) mass is 248 g/mol. The molecule has 0 unspecified atom stereocenters. The van der Waals surface area contributed by atoms with E-state index in [1.165, 1.54) is 9.71 Å². The molecular weight excluding hydrogens is 228 g/mol. The third kappa shape index (κ3) is 2.49. The molecule has 2 heterocycles. The summed E-state index contributed by atoms with van der Waals surface area (Å²) in [5, 5.41) is 1.18. The van der Waals surface area contributed by atoms with Crippen molar-refractivity contribution >= 4 is 21.6 Å². The van der Waals surface area contributed by atoms with Crippen LogP contribution in [-0.2, 0) is 10.8 Å². The average molecular weight is 248 g/mol. The second-order valence-corrected chi connectivity index (χ2v) is 7.59. The zero-order chi connectivity index (χ0) is 12.8. The fourth-order valence-corrected chi connectivity index (χ4v) is 2.54. The van der Waals surface area contributed by atoms with Gasteiger partial charge in [0.2, 0.25) is 0 Å². The SMILES string of the molecule is CC(C)(C)c1cc2nc(C(C)(C)C)sc2cn1. The van der Waals surface area contributed by atoms with Gasteiger partial charge in [-0.3, -0.25) is 4.98 Å². The Bertz CT molecular complexity index is 529. The van der Waals surface area contributed by atoms with Crippen LogP contribution in [0.15, 0.2) is 12.3 Å². The molecule has 0 N–H and O–H groups in total. The third-order valence-electron chi connectivity index (χ3n) is 2.69. The van der Waals surface area contributed by atoms with Crippen molar-refractivity contribution in [1.29, 1.82) is 0 Å². The van der Waals surface area contributed by atoms with Crippen LogP contribution in [-0.4, -0.2) is 9.97 Å². The van der Waals surface area contributed by atoms with Crippen molar-refractivity contribution in [1.82, 2.24) is 9.97 Å². The van der Waals surface area contributed by atoms with Crippen molar-refractivity contribution < 1.29 is 0 Å². The maximum Gasteiger partial charge on any atom is 0.0992 e. The standard InChI is InChI=1S/C14H20N2S/c1-13(2,3)11-7-9-10(8-15-11)17-12(16-9)14(4,5)6/h7-8H,1-6H3. The Kier molecular flexibility index (Phi) is 2.77. The molecule has 0 amide bonds. The van der Waals surface area contributed by atoms with Gasteiger partial charge in [-0.25, -0.2) is 4.98 Å². The fraction of sp³-hybridized carbons (Fsp3) is 0.571. The Morgan fingerprint density at radius 1 is 1.00 bits per heavy atom. The normalized spacial score (nSPS) is 13.3.